The lowest BCUT2D eigenvalue weighted by molar-refractivity contribution is 0.0316. The molecule has 4 heteroatoms. The quantitative estimate of drug-likeness (QED) is 0.824. The van der Waals surface area contributed by atoms with E-state index < -0.39 is 0 Å². The van der Waals surface area contributed by atoms with Crippen LogP contribution >= 0.6 is 0 Å². The summed E-state index contributed by atoms with van der Waals surface area (Å²) in [6.45, 7) is 4.57. The van der Waals surface area contributed by atoms with E-state index in [-0.39, 0.29) is 11.7 Å². The molecule has 1 amide bonds. The van der Waals surface area contributed by atoms with Crippen molar-refractivity contribution in [1.29, 1.82) is 0 Å². The smallest absolute Gasteiger partial charge is 0.415 e. The summed E-state index contributed by atoms with van der Waals surface area (Å²) >= 11 is 0. The Morgan fingerprint density at radius 3 is 2.56 bits per heavy atom. The van der Waals surface area contributed by atoms with Gasteiger partial charge in [0, 0.05) is 18.5 Å². The average Bonchev–Trinajstić information content (AvgIpc) is 2.68. The van der Waals surface area contributed by atoms with Crippen LogP contribution in [0, 0.1) is 6.92 Å². The molecule has 0 unspecified atom stereocenters. The number of anilines is 1. The van der Waals surface area contributed by atoms with Gasteiger partial charge in [-0.1, -0.05) is 17.7 Å². The fourth-order valence-corrected chi connectivity index (χ4v) is 2.69. The number of benzene rings is 1. The molecule has 0 saturated carbocycles. The minimum atomic E-state index is -0.271. The van der Waals surface area contributed by atoms with Crippen molar-refractivity contribution in [3.63, 3.8) is 0 Å². The van der Waals surface area contributed by atoms with Crippen LogP contribution in [0.4, 0.5) is 10.5 Å². The first kappa shape index (κ1) is 11.5. The molecule has 0 radical (unpaired) electrons. The van der Waals surface area contributed by atoms with Crippen LogP contribution in [0.2, 0.25) is 0 Å². The summed E-state index contributed by atoms with van der Waals surface area (Å²) in [4.78, 5) is 13.8. The minimum absolute atomic E-state index is 0.208. The Hall–Kier alpha value is -1.55. The van der Waals surface area contributed by atoms with Crippen LogP contribution in [0.15, 0.2) is 24.3 Å². The second-order valence-electron chi connectivity index (χ2n) is 5.22. The molecule has 4 nitrogen and oxygen atoms in total. The zero-order chi connectivity index (χ0) is 12.6. The molecular formula is C14H18N2O2. The third-order valence-corrected chi connectivity index (χ3v) is 3.83. The van der Waals surface area contributed by atoms with E-state index in [1.165, 1.54) is 5.56 Å². The zero-order valence-electron chi connectivity index (χ0n) is 10.6. The molecule has 2 saturated heterocycles. The van der Waals surface area contributed by atoms with E-state index >= 15 is 0 Å². The normalized spacial score (nSPS) is 22.3. The van der Waals surface area contributed by atoms with Crippen LogP contribution in [0.1, 0.15) is 18.4 Å². The molecule has 0 atom stereocenters. The average molecular weight is 246 g/mol. The summed E-state index contributed by atoms with van der Waals surface area (Å²) in [7, 11) is 0. The molecule has 0 bridgehead atoms. The van der Waals surface area contributed by atoms with Gasteiger partial charge < -0.3 is 10.1 Å². The van der Waals surface area contributed by atoms with Gasteiger partial charge in [-0.15, -0.1) is 0 Å². The Kier molecular flexibility index (Phi) is 2.74. The summed E-state index contributed by atoms with van der Waals surface area (Å²) in [5.74, 6) is 0. The first-order valence-electron chi connectivity index (χ1n) is 6.46. The van der Waals surface area contributed by atoms with Crippen molar-refractivity contribution in [2.45, 2.75) is 25.4 Å². The molecule has 1 aromatic carbocycles. The van der Waals surface area contributed by atoms with Crippen molar-refractivity contribution in [2.24, 2.45) is 0 Å². The van der Waals surface area contributed by atoms with Gasteiger partial charge in [0.15, 0.2) is 0 Å². The van der Waals surface area contributed by atoms with Crippen LogP contribution in [0.3, 0.4) is 0 Å². The lowest BCUT2D eigenvalue weighted by Gasteiger charge is -2.31. The summed E-state index contributed by atoms with van der Waals surface area (Å²) in [5, 5.41) is 3.30. The predicted octanol–water partition coefficient (Wildman–Crippen LogP) is 2.07. The molecule has 1 spiro atoms. The fraction of sp³-hybridized carbons (Fsp3) is 0.500. The molecule has 1 N–H and O–H groups in total. The molecule has 1 aromatic rings. The summed E-state index contributed by atoms with van der Waals surface area (Å²) in [5.41, 5.74) is 1.86. The molecule has 0 aliphatic carbocycles. The Labute approximate surface area is 107 Å². The Bertz CT molecular complexity index is 449. The SMILES string of the molecule is Cc1ccc(N2CC3(CCNCC3)OC2=O)cc1. The number of hydrogen-bond acceptors (Lipinski definition) is 3. The lowest BCUT2D eigenvalue weighted by Crippen LogP contribution is -2.44. The fourth-order valence-electron chi connectivity index (χ4n) is 2.69. The van der Waals surface area contributed by atoms with Crippen molar-refractivity contribution in [1.82, 2.24) is 5.32 Å². The summed E-state index contributed by atoms with van der Waals surface area (Å²) in [6, 6.07) is 8.01. The molecule has 2 heterocycles. The van der Waals surface area contributed by atoms with E-state index in [0.29, 0.717) is 6.54 Å². The molecule has 3 rings (SSSR count). The van der Waals surface area contributed by atoms with Gasteiger partial charge in [0.25, 0.3) is 0 Å². The highest BCUT2D eigenvalue weighted by molar-refractivity contribution is 5.90. The number of aryl methyl sites for hydroxylation is 1. The predicted molar refractivity (Wildman–Crippen MR) is 69.8 cm³/mol. The molecule has 0 aromatic heterocycles. The Balaban J connectivity index is 1.82. The van der Waals surface area contributed by atoms with Gasteiger partial charge >= 0.3 is 6.09 Å². The number of amides is 1. The second-order valence-corrected chi connectivity index (χ2v) is 5.22. The first-order chi connectivity index (χ1) is 8.69. The van der Waals surface area contributed by atoms with E-state index in [2.05, 4.69) is 5.32 Å². The van der Waals surface area contributed by atoms with E-state index in [1.807, 2.05) is 31.2 Å². The maximum Gasteiger partial charge on any atom is 0.415 e. The van der Waals surface area contributed by atoms with E-state index in [4.69, 9.17) is 4.74 Å². The highest BCUT2D eigenvalue weighted by atomic mass is 16.6. The monoisotopic (exact) mass is 246 g/mol. The van der Waals surface area contributed by atoms with Crippen molar-refractivity contribution < 1.29 is 9.53 Å². The van der Waals surface area contributed by atoms with E-state index in [9.17, 15) is 4.79 Å². The van der Waals surface area contributed by atoms with Crippen LogP contribution in [0.25, 0.3) is 0 Å². The maximum absolute atomic E-state index is 12.0. The number of carbonyl (C=O) groups excluding carboxylic acids is 1. The van der Waals surface area contributed by atoms with Crippen molar-refractivity contribution >= 4 is 11.8 Å². The summed E-state index contributed by atoms with van der Waals surface area (Å²) in [6.07, 6.45) is 1.60. The Morgan fingerprint density at radius 1 is 1.22 bits per heavy atom. The largest absolute Gasteiger partial charge is 0.441 e. The van der Waals surface area contributed by atoms with Gasteiger partial charge in [-0.3, -0.25) is 4.90 Å². The zero-order valence-corrected chi connectivity index (χ0v) is 10.6. The van der Waals surface area contributed by atoms with Gasteiger partial charge in [0.1, 0.15) is 5.60 Å². The van der Waals surface area contributed by atoms with Gasteiger partial charge in [0.05, 0.1) is 6.54 Å². The van der Waals surface area contributed by atoms with Crippen LogP contribution in [0.5, 0.6) is 0 Å². The highest BCUT2D eigenvalue weighted by Gasteiger charge is 2.46. The summed E-state index contributed by atoms with van der Waals surface area (Å²) < 4.78 is 5.63. The molecule has 2 aliphatic heterocycles. The number of nitrogens with zero attached hydrogens (tertiary/aromatic N) is 1. The first-order valence-corrected chi connectivity index (χ1v) is 6.46. The number of rotatable bonds is 1. The van der Waals surface area contributed by atoms with Gasteiger partial charge in [-0.2, -0.15) is 0 Å². The number of hydrogen-bond donors (Lipinski definition) is 1. The molecule has 18 heavy (non-hydrogen) atoms. The van der Waals surface area contributed by atoms with Gasteiger partial charge in [0.2, 0.25) is 0 Å². The van der Waals surface area contributed by atoms with Crippen LogP contribution in [-0.2, 0) is 4.74 Å². The number of piperidine rings is 1. The minimum Gasteiger partial charge on any atom is -0.441 e. The number of ether oxygens (including phenoxy) is 1. The maximum atomic E-state index is 12.0. The third kappa shape index (κ3) is 1.97. The van der Waals surface area contributed by atoms with Gasteiger partial charge in [-0.05, 0) is 32.1 Å². The van der Waals surface area contributed by atoms with Crippen LogP contribution in [-0.4, -0.2) is 31.3 Å². The van der Waals surface area contributed by atoms with E-state index in [0.717, 1.165) is 31.6 Å². The third-order valence-electron chi connectivity index (χ3n) is 3.83. The lowest BCUT2D eigenvalue weighted by atomic mass is 9.92. The van der Waals surface area contributed by atoms with Crippen LogP contribution < -0.4 is 10.2 Å². The Morgan fingerprint density at radius 2 is 1.89 bits per heavy atom. The molecular weight excluding hydrogens is 228 g/mol. The standard InChI is InChI=1S/C14H18N2O2/c1-11-2-4-12(5-3-11)16-10-14(18-13(16)17)6-8-15-9-7-14/h2-5,15H,6-10H2,1H3. The van der Waals surface area contributed by atoms with Gasteiger partial charge in [-0.25, -0.2) is 4.79 Å². The van der Waals surface area contributed by atoms with Crippen molar-refractivity contribution in [2.75, 3.05) is 24.5 Å². The molecule has 96 valence electrons. The number of carbonyl (C=O) groups is 1. The van der Waals surface area contributed by atoms with E-state index in [1.54, 1.807) is 4.90 Å². The molecule has 2 aliphatic rings. The topological polar surface area (TPSA) is 41.6 Å². The van der Waals surface area contributed by atoms with Crippen molar-refractivity contribution in [3.8, 4) is 0 Å². The molecule has 2 fully saturated rings. The second kappa shape index (κ2) is 4.28. The highest BCUT2D eigenvalue weighted by Crippen LogP contribution is 2.33. The van der Waals surface area contributed by atoms with Crippen molar-refractivity contribution in [3.05, 3.63) is 29.8 Å². The number of nitrogens with one attached hydrogen (secondary N) is 1.